The molecule has 0 radical (unpaired) electrons. The lowest BCUT2D eigenvalue weighted by Gasteiger charge is -2.29. The lowest BCUT2D eigenvalue weighted by Crippen LogP contribution is -2.28. The summed E-state index contributed by atoms with van der Waals surface area (Å²) in [5.74, 6) is 0. The van der Waals surface area contributed by atoms with Gasteiger partial charge < -0.3 is 13.9 Å². The highest BCUT2D eigenvalue weighted by molar-refractivity contribution is 6.15. The van der Waals surface area contributed by atoms with Gasteiger partial charge in [0.05, 0.1) is 22.3 Å². The summed E-state index contributed by atoms with van der Waals surface area (Å²) in [5, 5.41) is 5.53. The van der Waals surface area contributed by atoms with Gasteiger partial charge in [-0.2, -0.15) is 0 Å². The fourth-order valence-corrected chi connectivity index (χ4v) is 9.80. The molecule has 0 atom stereocenters. The highest BCUT2D eigenvalue weighted by Crippen LogP contribution is 2.55. The van der Waals surface area contributed by atoms with E-state index in [9.17, 15) is 0 Å². The third-order valence-electron chi connectivity index (χ3n) is 12.6. The Balaban J connectivity index is 1.20. The average molecular weight is 801 g/mol. The van der Waals surface area contributed by atoms with E-state index in [1.54, 1.807) is 0 Å². The minimum atomic E-state index is -0.147. The first-order valence-corrected chi connectivity index (χ1v) is 21.4. The van der Waals surface area contributed by atoms with Crippen LogP contribution in [0.3, 0.4) is 0 Å². The zero-order chi connectivity index (χ0) is 42.5. The number of allylic oxidation sites excluding steroid dienone is 6. The normalized spacial score (nSPS) is 14.0. The quantitative estimate of drug-likeness (QED) is 0.136. The van der Waals surface area contributed by atoms with Gasteiger partial charge in [0.15, 0.2) is 0 Å². The van der Waals surface area contributed by atoms with Crippen molar-refractivity contribution in [2.45, 2.75) is 33.1 Å². The summed E-state index contributed by atoms with van der Waals surface area (Å²) in [4.78, 5) is 2.45. The number of aromatic nitrogens is 1. The second-order valence-electron chi connectivity index (χ2n) is 16.5. The molecular weight excluding hydrogens is 753 g/mol. The third-order valence-corrected chi connectivity index (χ3v) is 12.6. The Bertz CT molecular complexity index is 3430. The molecule has 1 aliphatic rings. The molecule has 1 aliphatic carbocycles. The zero-order valence-corrected chi connectivity index (χ0v) is 35.7. The molecular formula is C59H48N2O. The fourth-order valence-electron chi connectivity index (χ4n) is 9.80. The largest absolute Gasteiger partial charge is 0.456 e. The number of fused-ring (bicyclic) bond motifs is 7. The lowest BCUT2D eigenvalue weighted by molar-refractivity contribution is 0.660. The highest BCUT2D eigenvalue weighted by Gasteiger charge is 2.38. The molecule has 2 aromatic heterocycles. The first-order chi connectivity index (χ1) is 30.4. The van der Waals surface area contributed by atoms with Crippen LogP contribution in [0.5, 0.6) is 0 Å². The van der Waals surface area contributed by atoms with Crippen LogP contribution in [-0.4, -0.2) is 4.57 Å². The van der Waals surface area contributed by atoms with E-state index in [4.69, 9.17) is 4.42 Å². The van der Waals surface area contributed by atoms with Crippen LogP contribution in [0.2, 0.25) is 0 Å². The SMILES string of the molecule is C=C/C=c1\c(=C/C)n(C(/C=C\C)=C/C=C)c2ccc(-c3ccc4oc5cccc(N(c6ccc(-c7ccccc7)cc6)c6cccc7c6-c6ccccc6C7(C)C)c5c4c3)cc12. The van der Waals surface area contributed by atoms with Gasteiger partial charge in [-0.1, -0.05) is 154 Å². The van der Waals surface area contributed by atoms with Crippen LogP contribution >= 0.6 is 0 Å². The smallest absolute Gasteiger partial charge is 0.137 e. The standard InChI is InChI=1S/C59H48N2O/c1-7-18-43(19-8-2)60-51(10-4)45(20-9-3)47-37-41(31-35-52(47)60)42-32-36-55-48(38-42)58-54(27-17-28-56(58)62-55)61(44-33-29-40(30-34-44)39-21-12-11-13-22-39)53-26-16-25-50-57(53)46-23-14-15-24-49(46)59(50,5)6/h7-38H,1,3H2,2,4-6H3/b19-8-,43-18+,45-20-,51-10+. The number of hydrogen-bond donors (Lipinski definition) is 0. The van der Waals surface area contributed by atoms with Gasteiger partial charge in [-0.25, -0.2) is 0 Å². The van der Waals surface area contributed by atoms with Crippen LogP contribution in [0.1, 0.15) is 38.8 Å². The molecule has 0 amide bonds. The minimum absolute atomic E-state index is 0.147. The number of nitrogens with zero attached hydrogens (tertiary/aromatic N) is 2. The van der Waals surface area contributed by atoms with E-state index in [1.807, 2.05) is 19.1 Å². The van der Waals surface area contributed by atoms with Crippen molar-refractivity contribution in [3.05, 3.63) is 217 Å². The molecule has 0 fully saturated rings. The molecule has 3 nitrogen and oxygen atoms in total. The fraction of sp³-hybridized carbons (Fsp3) is 0.0847. The van der Waals surface area contributed by atoms with E-state index >= 15 is 0 Å². The Hall–Kier alpha value is -7.62. The van der Waals surface area contributed by atoms with E-state index in [2.05, 4.69) is 225 Å². The van der Waals surface area contributed by atoms with E-state index in [0.717, 1.165) is 77.3 Å². The van der Waals surface area contributed by atoms with Crippen molar-refractivity contribution in [1.82, 2.24) is 4.57 Å². The maximum atomic E-state index is 6.72. The molecule has 7 aromatic carbocycles. The summed E-state index contributed by atoms with van der Waals surface area (Å²) in [5.41, 5.74) is 16.8. The molecule has 3 heteroatoms. The molecule has 0 spiro atoms. The number of benzene rings is 7. The molecule has 9 aromatic rings. The molecule has 0 aliphatic heterocycles. The Morgan fingerprint density at radius 1 is 0.629 bits per heavy atom. The van der Waals surface area contributed by atoms with Crippen molar-refractivity contribution in [3.63, 3.8) is 0 Å². The topological polar surface area (TPSA) is 21.3 Å². The van der Waals surface area contributed by atoms with Crippen LogP contribution < -0.4 is 15.5 Å². The Labute approximate surface area is 363 Å². The number of furan rings is 1. The van der Waals surface area contributed by atoms with E-state index in [-0.39, 0.29) is 5.41 Å². The second-order valence-corrected chi connectivity index (χ2v) is 16.5. The third kappa shape index (κ3) is 6.11. The minimum Gasteiger partial charge on any atom is -0.456 e. The van der Waals surface area contributed by atoms with E-state index in [1.165, 1.54) is 33.4 Å². The van der Waals surface area contributed by atoms with Crippen molar-refractivity contribution in [1.29, 1.82) is 0 Å². The summed E-state index contributed by atoms with van der Waals surface area (Å²) < 4.78 is 9.02. The molecule has 10 rings (SSSR count). The summed E-state index contributed by atoms with van der Waals surface area (Å²) >= 11 is 0. The highest BCUT2D eigenvalue weighted by atomic mass is 16.3. The maximum absolute atomic E-state index is 6.72. The van der Waals surface area contributed by atoms with Crippen LogP contribution in [0.15, 0.2) is 200 Å². The molecule has 62 heavy (non-hydrogen) atoms. The Morgan fingerprint density at radius 3 is 2.06 bits per heavy atom. The predicted octanol–water partition coefficient (Wildman–Crippen LogP) is 15.0. The average Bonchev–Trinajstić information content (AvgIpc) is 3.92. The molecule has 0 saturated carbocycles. The molecule has 0 N–H and O–H groups in total. The molecule has 2 heterocycles. The van der Waals surface area contributed by atoms with Gasteiger partial charge in [0.2, 0.25) is 0 Å². The second kappa shape index (κ2) is 15.4. The molecule has 0 bridgehead atoms. The molecule has 0 saturated heterocycles. The van der Waals surface area contributed by atoms with E-state index < -0.39 is 0 Å². The summed E-state index contributed by atoms with van der Waals surface area (Å²) in [6, 6.07) is 55.1. The number of anilines is 3. The van der Waals surface area contributed by atoms with Crippen molar-refractivity contribution in [2.75, 3.05) is 4.90 Å². The van der Waals surface area contributed by atoms with Gasteiger partial charge in [-0.3, -0.25) is 0 Å². The summed E-state index contributed by atoms with van der Waals surface area (Å²) in [7, 11) is 0. The van der Waals surface area contributed by atoms with Crippen molar-refractivity contribution >= 4 is 67.8 Å². The number of hydrogen-bond acceptors (Lipinski definition) is 2. The van der Waals surface area contributed by atoms with Gasteiger partial charge in [-0.05, 0) is 120 Å². The van der Waals surface area contributed by atoms with Gasteiger partial charge in [0.1, 0.15) is 11.2 Å². The summed E-state index contributed by atoms with van der Waals surface area (Å²) in [6.07, 6.45) is 14.2. The lowest BCUT2D eigenvalue weighted by atomic mass is 9.82. The van der Waals surface area contributed by atoms with Crippen molar-refractivity contribution < 1.29 is 4.42 Å². The first-order valence-electron chi connectivity index (χ1n) is 21.4. The Kier molecular flexibility index (Phi) is 9.61. The first kappa shape index (κ1) is 38.6. The molecule has 300 valence electrons. The van der Waals surface area contributed by atoms with Crippen LogP contribution in [0, 0.1) is 0 Å². The Morgan fingerprint density at radius 2 is 1.31 bits per heavy atom. The zero-order valence-electron chi connectivity index (χ0n) is 35.7. The number of rotatable bonds is 9. The van der Waals surface area contributed by atoms with Crippen molar-refractivity contribution in [2.24, 2.45) is 0 Å². The van der Waals surface area contributed by atoms with Gasteiger partial charge in [-0.15, -0.1) is 0 Å². The van der Waals surface area contributed by atoms with Crippen LogP contribution in [0.4, 0.5) is 17.1 Å². The van der Waals surface area contributed by atoms with E-state index in [0.29, 0.717) is 0 Å². The van der Waals surface area contributed by atoms with Crippen LogP contribution in [-0.2, 0) is 5.41 Å². The van der Waals surface area contributed by atoms with Gasteiger partial charge in [0, 0.05) is 43.7 Å². The molecule has 0 unspecified atom stereocenters. The van der Waals surface area contributed by atoms with Gasteiger partial charge in [0.25, 0.3) is 0 Å². The predicted molar refractivity (Wildman–Crippen MR) is 266 cm³/mol. The van der Waals surface area contributed by atoms with Gasteiger partial charge >= 0.3 is 0 Å². The summed E-state index contributed by atoms with van der Waals surface area (Å²) in [6.45, 7) is 16.9. The monoisotopic (exact) mass is 800 g/mol. The van der Waals surface area contributed by atoms with Crippen molar-refractivity contribution in [3.8, 4) is 33.4 Å². The van der Waals surface area contributed by atoms with Crippen LogP contribution in [0.25, 0.3) is 84.1 Å². The maximum Gasteiger partial charge on any atom is 0.137 e.